The molecule has 1 aliphatic rings. The number of benzene rings is 1. The maximum Gasteiger partial charge on any atom is 0.101 e. The summed E-state index contributed by atoms with van der Waals surface area (Å²) >= 11 is 5.96. The highest BCUT2D eigenvalue weighted by atomic mass is 35.5. The Bertz CT molecular complexity index is 419. The second-order valence-electron chi connectivity index (χ2n) is 4.32. The van der Waals surface area contributed by atoms with Crippen LogP contribution in [-0.2, 0) is 0 Å². The van der Waals surface area contributed by atoms with Crippen molar-refractivity contribution in [3.05, 3.63) is 28.8 Å². The molecule has 0 aromatic heterocycles. The van der Waals surface area contributed by atoms with E-state index in [-0.39, 0.29) is 0 Å². The van der Waals surface area contributed by atoms with Crippen molar-refractivity contribution in [2.75, 3.05) is 18.4 Å². The molecular weight excluding hydrogens is 234 g/mol. The number of rotatable bonds is 4. The summed E-state index contributed by atoms with van der Waals surface area (Å²) in [6.07, 6.45) is 3.68. The van der Waals surface area contributed by atoms with Crippen LogP contribution in [0.5, 0.6) is 0 Å². The molecule has 0 aliphatic carbocycles. The molecule has 4 heteroatoms. The number of hydrogen-bond acceptors (Lipinski definition) is 3. The molecule has 90 valence electrons. The molecule has 2 rings (SSSR count). The smallest absolute Gasteiger partial charge is 0.101 e. The molecule has 1 aromatic rings. The molecule has 0 unspecified atom stereocenters. The minimum Gasteiger partial charge on any atom is -0.385 e. The van der Waals surface area contributed by atoms with Gasteiger partial charge in [0.15, 0.2) is 0 Å². The van der Waals surface area contributed by atoms with Crippen LogP contribution in [0.3, 0.4) is 0 Å². The zero-order chi connectivity index (χ0) is 12.1. The summed E-state index contributed by atoms with van der Waals surface area (Å²) in [6.45, 7) is 2.08. The molecule has 0 amide bonds. The number of nitrogens with zero attached hydrogens (tertiary/aromatic N) is 1. The van der Waals surface area contributed by atoms with Crippen LogP contribution in [0.25, 0.3) is 0 Å². The fourth-order valence-electron chi connectivity index (χ4n) is 2.11. The third-order valence-corrected chi connectivity index (χ3v) is 3.39. The summed E-state index contributed by atoms with van der Waals surface area (Å²) in [7, 11) is 0. The topological polar surface area (TPSA) is 47.9 Å². The predicted octanol–water partition coefficient (Wildman–Crippen LogP) is 2.77. The van der Waals surface area contributed by atoms with E-state index in [4.69, 9.17) is 16.9 Å². The van der Waals surface area contributed by atoms with E-state index >= 15 is 0 Å². The van der Waals surface area contributed by atoms with E-state index in [0.29, 0.717) is 16.6 Å². The number of nitrogens with one attached hydrogen (secondary N) is 2. The molecule has 1 heterocycles. The minimum atomic E-state index is 0.511. The molecule has 1 fully saturated rings. The molecule has 1 aromatic carbocycles. The third kappa shape index (κ3) is 3.36. The molecule has 0 spiro atoms. The molecule has 2 N–H and O–H groups in total. The lowest BCUT2D eigenvalue weighted by atomic mass is 10.1. The van der Waals surface area contributed by atoms with Gasteiger partial charge >= 0.3 is 0 Å². The Labute approximate surface area is 107 Å². The summed E-state index contributed by atoms with van der Waals surface area (Å²) in [5.41, 5.74) is 1.50. The van der Waals surface area contributed by atoms with Crippen LogP contribution in [0.15, 0.2) is 18.2 Å². The van der Waals surface area contributed by atoms with Gasteiger partial charge in [0.2, 0.25) is 0 Å². The van der Waals surface area contributed by atoms with Crippen molar-refractivity contribution in [2.45, 2.75) is 25.3 Å². The highest BCUT2D eigenvalue weighted by molar-refractivity contribution is 6.32. The van der Waals surface area contributed by atoms with Crippen molar-refractivity contribution in [3.63, 3.8) is 0 Å². The number of anilines is 1. The van der Waals surface area contributed by atoms with Crippen LogP contribution in [0.4, 0.5) is 5.69 Å². The molecule has 1 saturated heterocycles. The fourth-order valence-corrected chi connectivity index (χ4v) is 2.33. The quantitative estimate of drug-likeness (QED) is 0.863. The van der Waals surface area contributed by atoms with Gasteiger partial charge in [0.05, 0.1) is 10.6 Å². The standard InChI is InChI=1S/C13H16ClN3/c14-13-8-12(4-3-10(13)9-15)17-7-5-11-2-1-6-16-11/h3-4,8,11,16-17H,1-2,5-7H2/t11-/m1/s1. The number of nitriles is 1. The maximum absolute atomic E-state index is 8.77. The second-order valence-corrected chi connectivity index (χ2v) is 4.72. The van der Waals surface area contributed by atoms with Gasteiger partial charge in [-0.05, 0) is 44.0 Å². The van der Waals surface area contributed by atoms with Crippen molar-refractivity contribution >= 4 is 17.3 Å². The SMILES string of the molecule is N#Cc1ccc(NCC[C@H]2CCCN2)cc1Cl. The Morgan fingerprint density at radius 3 is 3.06 bits per heavy atom. The summed E-state index contributed by atoms with van der Waals surface area (Å²) in [6, 6.07) is 8.15. The van der Waals surface area contributed by atoms with Crippen LogP contribution < -0.4 is 10.6 Å². The Kier molecular flexibility index (Phi) is 4.24. The first kappa shape index (κ1) is 12.2. The Morgan fingerprint density at radius 2 is 2.41 bits per heavy atom. The fraction of sp³-hybridized carbons (Fsp3) is 0.462. The second kappa shape index (κ2) is 5.90. The summed E-state index contributed by atoms with van der Waals surface area (Å²) in [4.78, 5) is 0. The Morgan fingerprint density at radius 1 is 1.53 bits per heavy atom. The van der Waals surface area contributed by atoms with Gasteiger partial charge in [-0.25, -0.2) is 0 Å². The van der Waals surface area contributed by atoms with Crippen LogP contribution in [0.2, 0.25) is 5.02 Å². The van der Waals surface area contributed by atoms with Crippen molar-refractivity contribution in [2.24, 2.45) is 0 Å². The lowest BCUT2D eigenvalue weighted by molar-refractivity contribution is 0.574. The van der Waals surface area contributed by atoms with Crippen LogP contribution in [0, 0.1) is 11.3 Å². The normalized spacial score (nSPS) is 18.9. The molecule has 0 bridgehead atoms. The van der Waals surface area contributed by atoms with E-state index in [0.717, 1.165) is 25.2 Å². The maximum atomic E-state index is 8.77. The first-order chi connectivity index (χ1) is 8.29. The number of hydrogen-bond donors (Lipinski definition) is 2. The largest absolute Gasteiger partial charge is 0.385 e. The van der Waals surface area contributed by atoms with E-state index in [9.17, 15) is 0 Å². The first-order valence-electron chi connectivity index (χ1n) is 5.96. The highest BCUT2D eigenvalue weighted by Gasteiger charge is 2.12. The highest BCUT2D eigenvalue weighted by Crippen LogP contribution is 2.20. The predicted molar refractivity (Wildman–Crippen MR) is 70.3 cm³/mol. The zero-order valence-electron chi connectivity index (χ0n) is 9.67. The lowest BCUT2D eigenvalue weighted by Gasteiger charge is -2.11. The summed E-state index contributed by atoms with van der Waals surface area (Å²) in [5.74, 6) is 0. The molecule has 0 saturated carbocycles. The molecule has 3 nitrogen and oxygen atoms in total. The van der Waals surface area contributed by atoms with Gasteiger partial charge in [-0.3, -0.25) is 0 Å². The van der Waals surface area contributed by atoms with Crippen molar-refractivity contribution < 1.29 is 0 Å². The van der Waals surface area contributed by atoms with Gasteiger partial charge in [-0.2, -0.15) is 5.26 Å². The monoisotopic (exact) mass is 249 g/mol. The van der Waals surface area contributed by atoms with E-state index in [1.807, 2.05) is 12.1 Å². The third-order valence-electron chi connectivity index (χ3n) is 3.07. The van der Waals surface area contributed by atoms with Crippen molar-refractivity contribution in [3.8, 4) is 6.07 Å². The average molecular weight is 250 g/mol. The van der Waals surface area contributed by atoms with Crippen LogP contribution >= 0.6 is 11.6 Å². The van der Waals surface area contributed by atoms with E-state index in [2.05, 4.69) is 16.7 Å². The zero-order valence-corrected chi connectivity index (χ0v) is 10.4. The molecule has 1 atom stereocenters. The van der Waals surface area contributed by atoms with Crippen molar-refractivity contribution in [1.29, 1.82) is 5.26 Å². The van der Waals surface area contributed by atoms with Gasteiger partial charge in [0.1, 0.15) is 6.07 Å². The van der Waals surface area contributed by atoms with E-state index in [1.54, 1.807) is 6.07 Å². The van der Waals surface area contributed by atoms with Crippen LogP contribution in [0.1, 0.15) is 24.8 Å². The van der Waals surface area contributed by atoms with Gasteiger partial charge in [-0.15, -0.1) is 0 Å². The summed E-state index contributed by atoms with van der Waals surface area (Å²) < 4.78 is 0. The Balaban J connectivity index is 1.82. The summed E-state index contributed by atoms with van der Waals surface area (Å²) in [5, 5.41) is 16.1. The van der Waals surface area contributed by atoms with Gasteiger partial charge in [0, 0.05) is 18.3 Å². The Hall–Kier alpha value is -1.24. The average Bonchev–Trinajstić information content (AvgIpc) is 2.82. The van der Waals surface area contributed by atoms with Gasteiger partial charge in [-0.1, -0.05) is 11.6 Å². The lowest BCUT2D eigenvalue weighted by Crippen LogP contribution is -2.24. The van der Waals surface area contributed by atoms with E-state index in [1.165, 1.54) is 12.8 Å². The number of halogens is 1. The minimum absolute atomic E-state index is 0.511. The van der Waals surface area contributed by atoms with Gasteiger partial charge < -0.3 is 10.6 Å². The molecule has 17 heavy (non-hydrogen) atoms. The molecular formula is C13H16ClN3. The van der Waals surface area contributed by atoms with Crippen molar-refractivity contribution in [1.82, 2.24) is 5.32 Å². The van der Waals surface area contributed by atoms with E-state index < -0.39 is 0 Å². The molecule has 1 aliphatic heterocycles. The molecule has 0 radical (unpaired) electrons. The van der Waals surface area contributed by atoms with Crippen LogP contribution in [-0.4, -0.2) is 19.1 Å². The van der Waals surface area contributed by atoms with Gasteiger partial charge in [0.25, 0.3) is 0 Å². The first-order valence-corrected chi connectivity index (χ1v) is 6.34.